The predicted octanol–water partition coefficient (Wildman–Crippen LogP) is 4.25. The first kappa shape index (κ1) is 19.5. The van der Waals surface area contributed by atoms with E-state index in [9.17, 15) is 9.18 Å². The van der Waals surface area contributed by atoms with E-state index in [-0.39, 0.29) is 17.4 Å². The van der Waals surface area contributed by atoms with Crippen LogP contribution in [0.3, 0.4) is 0 Å². The molecule has 3 N–H and O–H groups in total. The van der Waals surface area contributed by atoms with Crippen molar-refractivity contribution in [3.63, 3.8) is 0 Å². The van der Waals surface area contributed by atoms with Crippen LogP contribution in [0, 0.1) is 11.7 Å². The van der Waals surface area contributed by atoms with E-state index in [4.69, 9.17) is 4.98 Å². The monoisotopic (exact) mass is 408 g/mol. The average molecular weight is 409 g/mol. The highest BCUT2D eigenvalue weighted by Gasteiger charge is 2.20. The Morgan fingerprint density at radius 3 is 2.52 bits per heavy atom. The Labute approximate surface area is 172 Å². The molecular formula is C23H23FN3OS+. The van der Waals surface area contributed by atoms with Crippen LogP contribution in [0.4, 0.5) is 4.39 Å². The fourth-order valence-electron chi connectivity index (χ4n) is 3.64. The minimum Gasteiger partial charge on any atom is -0.334 e. The Bertz CT molecular complexity index is 1170. The Hall–Kier alpha value is -2.83. The number of halogens is 1. The highest BCUT2D eigenvalue weighted by Crippen LogP contribution is 2.30. The number of benzene rings is 2. The molecule has 0 aliphatic carbocycles. The fourth-order valence-corrected chi connectivity index (χ4v) is 4.60. The van der Waals surface area contributed by atoms with E-state index in [1.54, 1.807) is 0 Å². The highest BCUT2D eigenvalue weighted by atomic mass is 32.1. The van der Waals surface area contributed by atoms with Crippen molar-refractivity contribution in [2.75, 3.05) is 0 Å². The van der Waals surface area contributed by atoms with Gasteiger partial charge in [-0.2, -0.15) is 0 Å². The second-order valence-electron chi connectivity index (χ2n) is 7.47. The lowest BCUT2D eigenvalue weighted by Gasteiger charge is -2.19. The summed E-state index contributed by atoms with van der Waals surface area (Å²) in [5.41, 5.74) is 2.89. The van der Waals surface area contributed by atoms with Crippen molar-refractivity contribution in [2.45, 2.75) is 26.4 Å². The van der Waals surface area contributed by atoms with Gasteiger partial charge in [0, 0.05) is 22.4 Å². The summed E-state index contributed by atoms with van der Waals surface area (Å²) < 4.78 is 13.3. The van der Waals surface area contributed by atoms with Crippen LogP contribution in [0.15, 0.2) is 64.8 Å². The number of thiophene rings is 1. The molecular weight excluding hydrogens is 385 g/mol. The third-order valence-corrected chi connectivity index (χ3v) is 5.99. The third kappa shape index (κ3) is 4.13. The lowest BCUT2D eigenvalue weighted by Crippen LogP contribution is -2.85. The fraction of sp³-hybridized carbons (Fsp3) is 0.217. The summed E-state index contributed by atoms with van der Waals surface area (Å²) >= 11 is 1.49. The van der Waals surface area contributed by atoms with Gasteiger partial charge < -0.3 is 10.3 Å². The zero-order valence-corrected chi connectivity index (χ0v) is 17.2. The number of H-pyrrole nitrogens is 1. The van der Waals surface area contributed by atoms with Crippen LogP contribution in [-0.4, -0.2) is 9.97 Å². The number of nitrogens with two attached hydrogens (primary N) is 1. The van der Waals surface area contributed by atoms with Crippen molar-refractivity contribution < 1.29 is 9.71 Å². The number of nitrogens with zero attached hydrogens (tertiary/aromatic N) is 1. The molecule has 4 aromatic rings. The molecule has 4 rings (SSSR count). The molecule has 1 atom stereocenters. The summed E-state index contributed by atoms with van der Waals surface area (Å²) in [5.74, 6) is 0.763. The van der Waals surface area contributed by atoms with Crippen LogP contribution in [0.5, 0.6) is 0 Å². The first-order chi connectivity index (χ1) is 14.0. The molecule has 6 heteroatoms. The van der Waals surface area contributed by atoms with E-state index in [1.165, 1.54) is 23.5 Å². The lowest BCUT2D eigenvalue weighted by atomic mass is 9.96. The quantitative estimate of drug-likeness (QED) is 0.501. The summed E-state index contributed by atoms with van der Waals surface area (Å²) in [4.78, 5) is 21.2. The van der Waals surface area contributed by atoms with E-state index in [1.807, 2.05) is 47.8 Å². The van der Waals surface area contributed by atoms with Gasteiger partial charge in [0.1, 0.15) is 23.2 Å². The summed E-state index contributed by atoms with van der Waals surface area (Å²) in [6.45, 7) is 4.81. The van der Waals surface area contributed by atoms with Crippen LogP contribution >= 0.6 is 11.3 Å². The third-order valence-electron chi connectivity index (χ3n) is 5.12. The molecule has 0 aliphatic rings. The van der Waals surface area contributed by atoms with E-state index in [0.717, 1.165) is 21.5 Å². The average Bonchev–Trinajstić information content (AvgIpc) is 3.14. The van der Waals surface area contributed by atoms with E-state index in [2.05, 4.69) is 24.1 Å². The van der Waals surface area contributed by atoms with Crippen molar-refractivity contribution in [1.29, 1.82) is 0 Å². The van der Waals surface area contributed by atoms with Crippen molar-refractivity contribution >= 4 is 21.6 Å². The van der Waals surface area contributed by atoms with E-state index < -0.39 is 0 Å². The zero-order valence-electron chi connectivity index (χ0n) is 16.4. The highest BCUT2D eigenvalue weighted by molar-refractivity contribution is 7.17. The molecule has 2 aromatic heterocycles. The van der Waals surface area contributed by atoms with Crippen molar-refractivity contribution in [1.82, 2.24) is 9.97 Å². The predicted molar refractivity (Wildman–Crippen MR) is 115 cm³/mol. The number of quaternary nitrogens is 1. The van der Waals surface area contributed by atoms with Gasteiger partial charge in [0.2, 0.25) is 0 Å². The minimum absolute atomic E-state index is 0.110. The largest absolute Gasteiger partial charge is 0.334 e. The van der Waals surface area contributed by atoms with Crippen LogP contribution in [0.25, 0.3) is 21.3 Å². The summed E-state index contributed by atoms with van der Waals surface area (Å²) in [7, 11) is 0. The number of hydrogen-bond donors (Lipinski definition) is 2. The van der Waals surface area contributed by atoms with E-state index in [0.29, 0.717) is 23.7 Å². The summed E-state index contributed by atoms with van der Waals surface area (Å²) in [5, 5.41) is 4.78. The molecule has 2 aromatic carbocycles. The summed E-state index contributed by atoms with van der Waals surface area (Å²) in [6.07, 6.45) is 0. The van der Waals surface area contributed by atoms with Crippen LogP contribution in [0.2, 0.25) is 0 Å². The van der Waals surface area contributed by atoms with Gasteiger partial charge in [0.05, 0.1) is 5.39 Å². The molecule has 0 fully saturated rings. The van der Waals surface area contributed by atoms with Crippen LogP contribution < -0.4 is 10.9 Å². The van der Waals surface area contributed by atoms with Gasteiger partial charge in [-0.15, -0.1) is 11.3 Å². The van der Waals surface area contributed by atoms with Gasteiger partial charge in [-0.3, -0.25) is 4.79 Å². The van der Waals surface area contributed by atoms with Gasteiger partial charge in [-0.1, -0.05) is 56.3 Å². The van der Waals surface area contributed by atoms with Gasteiger partial charge in [0.25, 0.3) is 5.56 Å². The Morgan fingerprint density at radius 1 is 1.10 bits per heavy atom. The summed E-state index contributed by atoms with van der Waals surface area (Å²) in [6, 6.07) is 16.7. The van der Waals surface area contributed by atoms with Gasteiger partial charge in [-0.25, -0.2) is 9.37 Å². The number of aromatic nitrogens is 2. The van der Waals surface area contributed by atoms with Crippen molar-refractivity contribution in [2.24, 2.45) is 5.92 Å². The molecule has 0 aliphatic heterocycles. The molecule has 0 spiro atoms. The maximum Gasteiger partial charge on any atom is 0.260 e. The lowest BCUT2D eigenvalue weighted by molar-refractivity contribution is -0.718. The van der Waals surface area contributed by atoms with Crippen LogP contribution in [-0.2, 0) is 6.54 Å². The number of rotatable bonds is 6. The SMILES string of the molecule is CC(C)[C@H]([NH2+]Cc1nc2scc(-c3ccccc3)c2c(=O)[nH]1)c1ccc(F)cc1. The molecule has 4 nitrogen and oxygen atoms in total. The molecule has 0 saturated carbocycles. The molecule has 0 bridgehead atoms. The molecule has 0 radical (unpaired) electrons. The number of hydrogen-bond acceptors (Lipinski definition) is 3. The first-order valence-electron chi connectivity index (χ1n) is 9.67. The number of nitrogens with one attached hydrogen (secondary N) is 1. The molecule has 0 saturated heterocycles. The Kier molecular flexibility index (Phi) is 5.56. The van der Waals surface area contributed by atoms with Gasteiger partial charge >= 0.3 is 0 Å². The Morgan fingerprint density at radius 2 is 1.83 bits per heavy atom. The normalized spacial score (nSPS) is 12.6. The van der Waals surface area contributed by atoms with Crippen LogP contribution in [0.1, 0.15) is 31.3 Å². The molecule has 2 heterocycles. The van der Waals surface area contributed by atoms with Crippen molar-refractivity contribution in [3.8, 4) is 11.1 Å². The molecule has 148 valence electrons. The number of aromatic amines is 1. The Balaban J connectivity index is 1.60. The standard InChI is InChI=1S/C23H22FN3OS/c1-14(2)21(16-8-10-17(24)11-9-16)25-12-19-26-22(28)20-18(13-29-23(20)27-19)15-6-4-3-5-7-15/h3-11,13-14,21,25H,12H2,1-2H3,(H,26,27,28)/p+1/t21-/m0/s1. The van der Waals surface area contributed by atoms with E-state index >= 15 is 0 Å². The zero-order chi connectivity index (χ0) is 20.4. The maximum atomic E-state index is 13.3. The molecule has 0 unspecified atom stereocenters. The number of fused-ring (bicyclic) bond motifs is 1. The topological polar surface area (TPSA) is 62.4 Å². The maximum absolute atomic E-state index is 13.3. The van der Waals surface area contributed by atoms with Gasteiger partial charge in [-0.05, 0) is 17.7 Å². The second kappa shape index (κ2) is 8.27. The minimum atomic E-state index is -0.236. The molecule has 0 amide bonds. The molecule has 29 heavy (non-hydrogen) atoms. The second-order valence-corrected chi connectivity index (χ2v) is 8.33. The van der Waals surface area contributed by atoms with Crippen molar-refractivity contribution in [3.05, 3.63) is 87.5 Å². The smallest absolute Gasteiger partial charge is 0.260 e. The first-order valence-corrected chi connectivity index (χ1v) is 10.6. The van der Waals surface area contributed by atoms with Gasteiger partial charge in [0.15, 0.2) is 5.82 Å².